The number of Topliss-reactive ketones (excluding diaryl/α,β-unsaturated/α-hetero) is 1. The number of carbonyl (C=O) groups is 1. The summed E-state index contributed by atoms with van der Waals surface area (Å²) in [6.07, 6.45) is 1.06. The van der Waals surface area contributed by atoms with E-state index in [1.807, 2.05) is 0 Å². The number of ether oxygens (including phenoxy) is 1. The van der Waals surface area contributed by atoms with E-state index in [1.165, 1.54) is 19.2 Å². The van der Waals surface area contributed by atoms with Crippen molar-refractivity contribution in [2.75, 3.05) is 30.6 Å². The molecule has 0 heterocycles. The zero-order valence-electron chi connectivity index (χ0n) is 11.1. The van der Waals surface area contributed by atoms with E-state index < -0.39 is 20.6 Å². The molecular weight excluding hydrogens is 324 g/mol. The average molecular weight is 339 g/mol. The van der Waals surface area contributed by atoms with Crippen LogP contribution in [0.3, 0.4) is 0 Å². The van der Waals surface area contributed by atoms with E-state index in [2.05, 4.69) is 0 Å². The number of hydrogen-bond donors (Lipinski definition) is 0. The molecule has 0 saturated heterocycles. The maximum atomic E-state index is 11.9. The Hall–Kier alpha value is -0.920. The maximum absolute atomic E-state index is 11.9. The smallest absolute Gasteiger partial charge is 0.175 e. The lowest BCUT2D eigenvalue weighted by molar-refractivity contribution is 0.102. The second-order valence-corrected chi connectivity index (χ2v) is 8.43. The normalized spacial score (nSPS) is 12.9. The van der Waals surface area contributed by atoms with Gasteiger partial charge in [-0.2, -0.15) is 0 Å². The zero-order valence-corrected chi connectivity index (χ0v) is 13.5. The summed E-state index contributed by atoms with van der Waals surface area (Å²) in [6.45, 7) is 0. The lowest BCUT2D eigenvalue weighted by atomic mass is 10.1. The fourth-order valence-electron chi connectivity index (χ4n) is 1.39. The SMILES string of the molecule is COc1ccc(C(=O)CS(=O)CCS(C)(=O)=O)cc1Cl. The van der Waals surface area contributed by atoms with Crippen LogP contribution in [0, 0.1) is 0 Å². The summed E-state index contributed by atoms with van der Waals surface area (Å²) in [5, 5.41) is 0.292. The van der Waals surface area contributed by atoms with Crippen LogP contribution >= 0.6 is 11.6 Å². The van der Waals surface area contributed by atoms with Gasteiger partial charge in [-0.3, -0.25) is 9.00 Å². The molecule has 1 aromatic carbocycles. The zero-order chi connectivity index (χ0) is 15.3. The third-order valence-corrected chi connectivity index (χ3v) is 5.19. The Kier molecular flexibility index (Phi) is 6.16. The molecule has 0 aliphatic heterocycles. The standard InChI is InChI=1S/C12H15ClO5S2/c1-18-12-4-3-9(7-10(12)13)11(14)8-19(15)5-6-20(2,16)17/h3-4,7H,5-6,8H2,1-2H3. The molecule has 112 valence electrons. The Morgan fingerprint density at radius 3 is 2.55 bits per heavy atom. The van der Waals surface area contributed by atoms with E-state index in [-0.39, 0.29) is 23.0 Å². The van der Waals surface area contributed by atoms with Crippen LogP contribution in [0.5, 0.6) is 5.75 Å². The van der Waals surface area contributed by atoms with Crippen LogP contribution in [0.15, 0.2) is 18.2 Å². The van der Waals surface area contributed by atoms with Gasteiger partial charge in [-0.05, 0) is 18.2 Å². The van der Waals surface area contributed by atoms with Crippen LogP contribution in [0.4, 0.5) is 0 Å². The molecule has 1 unspecified atom stereocenters. The number of halogens is 1. The highest BCUT2D eigenvalue weighted by Gasteiger charge is 2.14. The molecule has 0 fully saturated rings. The van der Waals surface area contributed by atoms with Crippen LogP contribution in [0.1, 0.15) is 10.4 Å². The van der Waals surface area contributed by atoms with Gasteiger partial charge in [0.2, 0.25) is 0 Å². The van der Waals surface area contributed by atoms with Crippen molar-refractivity contribution in [3.05, 3.63) is 28.8 Å². The molecule has 1 atom stereocenters. The molecular formula is C12H15ClO5S2. The summed E-state index contributed by atoms with van der Waals surface area (Å²) in [6, 6.07) is 4.52. The molecule has 8 heteroatoms. The first-order chi connectivity index (χ1) is 9.23. The highest BCUT2D eigenvalue weighted by molar-refractivity contribution is 7.92. The number of carbonyl (C=O) groups excluding carboxylic acids is 1. The van der Waals surface area contributed by atoms with Gasteiger partial charge in [0.15, 0.2) is 5.78 Å². The highest BCUT2D eigenvalue weighted by Crippen LogP contribution is 2.25. The Morgan fingerprint density at radius 2 is 2.05 bits per heavy atom. The van der Waals surface area contributed by atoms with E-state index in [1.54, 1.807) is 6.07 Å². The van der Waals surface area contributed by atoms with Crippen molar-refractivity contribution in [3.63, 3.8) is 0 Å². The summed E-state index contributed by atoms with van der Waals surface area (Å²) in [5.74, 6) is -0.370. The monoisotopic (exact) mass is 338 g/mol. The largest absolute Gasteiger partial charge is 0.495 e. The number of ketones is 1. The van der Waals surface area contributed by atoms with Crippen molar-refractivity contribution in [3.8, 4) is 5.75 Å². The van der Waals surface area contributed by atoms with E-state index in [0.29, 0.717) is 16.3 Å². The number of hydrogen-bond acceptors (Lipinski definition) is 5. The Morgan fingerprint density at radius 1 is 1.40 bits per heavy atom. The summed E-state index contributed by atoms with van der Waals surface area (Å²) in [7, 11) is -3.23. The maximum Gasteiger partial charge on any atom is 0.175 e. The predicted octanol–water partition coefficient (Wildman–Crippen LogP) is 1.32. The fraction of sp³-hybridized carbons (Fsp3) is 0.417. The lowest BCUT2D eigenvalue weighted by Gasteiger charge is -2.05. The third-order valence-electron chi connectivity index (χ3n) is 2.45. The number of methoxy groups -OCH3 is 1. The minimum Gasteiger partial charge on any atom is -0.495 e. The van der Waals surface area contributed by atoms with Gasteiger partial charge < -0.3 is 4.74 Å². The molecule has 0 N–H and O–H groups in total. The number of benzene rings is 1. The van der Waals surface area contributed by atoms with Crippen molar-refractivity contribution in [2.24, 2.45) is 0 Å². The topological polar surface area (TPSA) is 77.5 Å². The lowest BCUT2D eigenvalue weighted by Crippen LogP contribution is -2.18. The summed E-state index contributed by atoms with van der Waals surface area (Å²) < 4.78 is 38.5. The van der Waals surface area contributed by atoms with Gasteiger partial charge in [0.1, 0.15) is 15.6 Å². The van der Waals surface area contributed by atoms with Crippen LogP contribution in [-0.4, -0.2) is 49.0 Å². The first kappa shape index (κ1) is 17.1. The number of sulfone groups is 1. The van der Waals surface area contributed by atoms with Gasteiger partial charge in [-0.1, -0.05) is 11.6 Å². The van der Waals surface area contributed by atoms with Gasteiger partial charge in [0.25, 0.3) is 0 Å². The molecule has 5 nitrogen and oxygen atoms in total. The third kappa shape index (κ3) is 5.60. The minimum atomic E-state index is -3.18. The Balaban J connectivity index is 2.67. The van der Waals surface area contributed by atoms with Crippen molar-refractivity contribution < 1.29 is 22.2 Å². The van der Waals surface area contributed by atoms with Crippen molar-refractivity contribution >= 4 is 38.0 Å². The van der Waals surface area contributed by atoms with Gasteiger partial charge in [0, 0.05) is 28.4 Å². The molecule has 0 bridgehead atoms. The summed E-state index contributed by atoms with van der Waals surface area (Å²) in [4.78, 5) is 11.9. The molecule has 0 aromatic heterocycles. The molecule has 20 heavy (non-hydrogen) atoms. The van der Waals surface area contributed by atoms with E-state index in [9.17, 15) is 17.4 Å². The van der Waals surface area contributed by atoms with Crippen LogP contribution < -0.4 is 4.74 Å². The first-order valence-corrected chi connectivity index (χ1v) is 9.55. The van der Waals surface area contributed by atoms with Crippen LogP contribution in [-0.2, 0) is 20.6 Å². The van der Waals surface area contributed by atoms with Gasteiger partial charge in [0.05, 0.1) is 23.6 Å². The second kappa shape index (κ2) is 7.19. The molecule has 0 saturated carbocycles. The van der Waals surface area contributed by atoms with Crippen LogP contribution in [0.2, 0.25) is 5.02 Å². The summed E-state index contributed by atoms with van der Waals surface area (Å²) in [5.41, 5.74) is 0.323. The molecule has 0 spiro atoms. The minimum absolute atomic E-state index is 0.0472. The van der Waals surface area contributed by atoms with Crippen molar-refractivity contribution in [2.45, 2.75) is 0 Å². The quantitative estimate of drug-likeness (QED) is 0.701. The Bertz CT molecular complexity index is 625. The predicted molar refractivity (Wildman–Crippen MR) is 79.9 cm³/mol. The van der Waals surface area contributed by atoms with Gasteiger partial charge in [-0.15, -0.1) is 0 Å². The number of rotatable bonds is 7. The molecule has 0 aliphatic rings. The molecule has 0 radical (unpaired) electrons. The molecule has 1 rings (SSSR count). The Labute approximate surface area is 125 Å². The molecule has 0 aliphatic carbocycles. The molecule has 1 aromatic rings. The van der Waals surface area contributed by atoms with Gasteiger partial charge in [-0.25, -0.2) is 8.42 Å². The summed E-state index contributed by atoms with van der Waals surface area (Å²) >= 11 is 5.90. The van der Waals surface area contributed by atoms with E-state index >= 15 is 0 Å². The highest BCUT2D eigenvalue weighted by atomic mass is 35.5. The van der Waals surface area contributed by atoms with Crippen molar-refractivity contribution in [1.82, 2.24) is 0 Å². The van der Waals surface area contributed by atoms with E-state index in [4.69, 9.17) is 16.3 Å². The van der Waals surface area contributed by atoms with Gasteiger partial charge >= 0.3 is 0 Å². The first-order valence-electron chi connectivity index (χ1n) is 5.62. The molecule has 0 amide bonds. The van der Waals surface area contributed by atoms with E-state index in [0.717, 1.165) is 6.26 Å². The fourth-order valence-corrected chi connectivity index (χ4v) is 4.20. The second-order valence-electron chi connectivity index (χ2n) is 4.19. The van der Waals surface area contributed by atoms with Crippen molar-refractivity contribution in [1.29, 1.82) is 0 Å². The van der Waals surface area contributed by atoms with Crippen LogP contribution in [0.25, 0.3) is 0 Å². The average Bonchev–Trinajstić information content (AvgIpc) is 2.35.